The number of hydrogen-bond acceptors (Lipinski definition) is 4. The van der Waals surface area contributed by atoms with Crippen LogP contribution in [0.4, 0.5) is 5.95 Å². The Kier molecular flexibility index (Phi) is 4.79. The summed E-state index contributed by atoms with van der Waals surface area (Å²) in [5, 5.41) is 2.69. The van der Waals surface area contributed by atoms with E-state index in [0.29, 0.717) is 11.5 Å². The lowest BCUT2D eigenvalue weighted by Crippen LogP contribution is -2.40. The molecule has 0 unspecified atom stereocenters. The van der Waals surface area contributed by atoms with Crippen LogP contribution >= 0.6 is 0 Å². The summed E-state index contributed by atoms with van der Waals surface area (Å²) in [6.07, 6.45) is 0. The molecule has 142 valence electrons. The van der Waals surface area contributed by atoms with Crippen LogP contribution in [-0.4, -0.2) is 29.8 Å². The minimum atomic E-state index is -3.74. The number of carbonyl (C=O) groups is 1. The average Bonchev–Trinajstić information content (AvgIpc) is 2.94. The molecule has 3 aromatic rings. The van der Waals surface area contributed by atoms with Crippen LogP contribution in [0, 0.1) is 6.92 Å². The Morgan fingerprint density at radius 3 is 2.48 bits per heavy atom. The number of para-hydroxylation sites is 2. The normalized spacial score (nSPS) is 12.3. The van der Waals surface area contributed by atoms with Gasteiger partial charge in [0.2, 0.25) is 16.0 Å². The molecule has 0 radical (unpaired) electrons. The third-order valence-electron chi connectivity index (χ3n) is 3.83. The molecule has 0 atom stereocenters. The van der Waals surface area contributed by atoms with Crippen LogP contribution in [0.15, 0.2) is 47.4 Å². The molecule has 1 amide bonds. The fourth-order valence-electron chi connectivity index (χ4n) is 2.66. The van der Waals surface area contributed by atoms with Gasteiger partial charge in [-0.25, -0.2) is 18.1 Å². The summed E-state index contributed by atoms with van der Waals surface area (Å²) in [6, 6.07) is 11.9. The second-order valence-corrected chi connectivity index (χ2v) is 9.07. The largest absolute Gasteiger partial charge is 0.324 e. The van der Waals surface area contributed by atoms with Crippen molar-refractivity contribution in [2.45, 2.75) is 38.1 Å². The molecule has 0 aliphatic carbocycles. The van der Waals surface area contributed by atoms with E-state index in [2.05, 4.69) is 20.0 Å². The lowest BCUT2D eigenvalue weighted by molar-refractivity contribution is 0.102. The van der Waals surface area contributed by atoms with Crippen LogP contribution in [0.1, 0.15) is 36.7 Å². The molecule has 1 aromatic heterocycles. The summed E-state index contributed by atoms with van der Waals surface area (Å²) in [6.45, 7) is 7.02. The Bertz CT molecular complexity index is 1080. The van der Waals surface area contributed by atoms with E-state index >= 15 is 0 Å². The third-order valence-corrected chi connectivity index (χ3v) is 5.58. The smallest absolute Gasteiger partial charge is 0.258 e. The van der Waals surface area contributed by atoms with E-state index < -0.39 is 21.5 Å². The molecule has 1 heterocycles. The first-order chi connectivity index (χ1) is 12.5. The monoisotopic (exact) mass is 386 g/mol. The number of nitrogens with zero attached hydrogens (tertiary/aromatic N) is 1. The number of aryl methyl sites for hydroxylation is 1. The van der Waals surface area contributed by atoms with Gasteiger partial charge in [-0.3, -0.25) is 10.1 Å². The number of carbonyl (C=O) groups excluding carboxylic acids is 1. The summed E-state index contributed by atoms with van der Waals surface area (Å²) < 4.78 is 27.7. The van der Waals surface area contributed by atoms with Crippen molar-refractivity contribution in [3.63, 3.8) is 0 Å². The number of rotatable bonds is 4. The van der Waals surface area contributed by atoms with Crippen LogP contribution in [0.3, 0.4) is 0 Å². The second-order valence-electron chi connectivity index (χ2n) is 7.39. The number of amides is 1. The Balaban J connectivity index is 1.90. The number of H-pyrrole nitrogens is 1. The van der Waals surface area contributed by atoms with Gasteiger partial charge >= 0.3 is 0 Å². The van der Waals surface area contributed by atoms with Gasteiger partial charge in [-0.05, 0) is 57.5 Å². The quantitative estimate of drug-likeness (QED) is 0.640. The van der Waals surface area contributed by atoms with Crippen LogP contribution in [0.5, 0.6) is 0 Å². The number of aromatic amines is 1. The number of sulfonamides is 1. The van der Waals surface area contributed by atoms with Crippen LogP contribution in [-0.2, 0) is 10.0 Å². The van der Waals surface area contributed by atoms with Gasteiger partial charge in [0.05, 0.1) is 15.9 Å². The Morgan fingerprint density at radius 2 is 1.81 bits per heavy atom. The van der Waals surface area contributed by atoms with Crippen molar-refractivity contribution in [2.24, 2.45) is 0 Å². The van der Waals surface area contributed by atoms with Gasteiger partial charge in [0, 0.05) is 11.1 Å². The third kappa shape index (κ3) is 4.35. The highest BCUT2D eigenvalue weighted by atomic mass is 32.2. The van der Waals surface area contributed by atoms with E-state index in [-0.39, 0.29) is 10.5 Å². The molecule has 0 spiro atoms. The lowest BCUT2D eigenvalue weighted by Gasteiger charge is -2.20. The first-order valence-corrected chi connectivity index (χ1v) is 9.94. The maximum atomic E-state index is 12.7. The van der Waals surface area contributed by atoms with E-state index in [1.165, 1.54) is 12.1 Å². The molecule has 0 bridgehead atoms. The van der Waals surface area contributed by atoms with Crippen molar-refractivity contribution < 1.29 is 13.2 Å². The molecule has 8 heteroatoms. The second kappa shape index (κ2) is 6.79. The van der Waals surface area contributed by atoms with Crippen molar-refractivity contribution in [1.82, 2.24) is 14.7 Å². The molecule has 7 nitrogen and oxygen atoms in total. The van der Waals surface area contributed by atoms with Crippen molar-refractivity contribution >= 4 is 32.9 Å². The minimum absolute atomic E-state index is 0.0396. The van der Waals surface area contributed by atoms with Gasteiger partial charge < -0.3 is 4.98 Å². The molecular weight excluding hydrogens is 364 g/mol. The Labute approximate surface area is 158 Å². The molecule has 0 saturated heterocycles. The van der Waals surface area contributed by atoms with Crippen LogP contribution in [0.2, 0.25) is 0 Å². The molecule has 0 aliphatic heterocycles. The standard InChI is InChI=1S/C19H22N4O3S/c1-12-9-10-13(27(25,26)23-19(2,3)4)11-14(12)17(24)22-18-20-15-7-5-6-8-16(15)21-18/h5-11,23H,1-4H3,(H2,20,21,22,24). The summed E-state index contributed by atoms with van der Waals surface area (Å²) in [5.74, 6) is -0.124. The highest BCUT2D eigenvalue weighted by Crippen LogP contribution is 2.19. The lowest BCUT2D eigenvalue weighted by atomic mass is 10.1. The highest BCUT2D eigenvalue weighted by molar-refractivity contribution is 7.89. The molecule has 0 fully saturated rings. The van der Waals surface area contributed by atoms with Gasteiger partial charge in [0.1, 0.15) is 0 Å². The predicted molar refractivity (Wildman–Crippen MR) is 105 cm³/mol. The van der Waals surface area contributed by atoms with E-state index in [1.807, 2.05) is 24.3 Å². The maximum absolute atomic E-state index is 12.7. The fraction of sp³-hybridized carbons (Fsp3) is 0.263. The minimum Gasteiger partial charge on any atom is -0.324 e. The van der Waals surface area contributed by atoms with Crippen molar-refractivity contribution in [3.8, 4) is 0 Å². The average molecular weight is 386 g/mol. The number of anilines is 1. The van der Waals surface area contributed by atoms with Crippen molar-refractivity contribution in [2.75, 3.05) is 5.32 Å². The fourth-order valence-corrected chi connectivity index (χ4v) is 4.11. The summed E-state index contributed by atoms with van der Waals surface area (Å²) in [4.78, 5) is 20.1. The van der Waals surface area contributed by atoms with Gasteiger partial charge in [-0.1, -0.05) is 18.2 Å². The summed E-state index contributed by atoms with van der Waals surface area (Å²) in [5.41, 5.74) is 1.84. The Hall–Kier alpha value is -2.71. The summed E-state index contributed by atoms with van der Waals surface area (Å²) in [7, 11) is -3.74. The van der Waals surface area contributed by atoms with Crippen LogP contribution in [0.25, 0.3) is 11.0 Å². The van der Waals surface area contributed by atoms with Gasteiger partial charge in [0.15, 0.2) is 0 Å². The number of benzene rings is 2. The number of hydrogen-bond donors (Lipinski definition) is 3. The molecule has 27 heavy (non-hydrogen) atoms. The van der Waals surface area contributed by atoms with E-state index in [4.69, 9.17) is 0 Å². The molecule has 0 saturated carbocycles. The predicted octanol–water partition coefficient (Wildman–Crippen LogP) is 3.20. The summed E-state index contributed by atoms with van der Waals surface area (Å²) >= 11 is 0. The Morgan fingerprint density at radius 1 is 1.11 bits per heavy atom. The van der Waals surface area contributed by atoms with Crippen LogP contribution < -0.4 is 10.0 Å². The zero-order valence-electron chi connectivity index (χ0n) is 15.6. The van der Waals surface area contributed by atoms with Gasteiger partial charge in [-0.15, -0.1) is 0 Å². The first kappa shape index (κ1) is 19.1. The number of imidazole rings is 1. The highest BCUT2D eigenvalue weighted by Gasteiger charge is 2.23. The molecule has 2 aromatic carbocycles. The van der Waals surface area contributed by atoms with Gasteiger partial charge in [-0.2, -0.15) is 0 Å². The zero-order valence-corrected chi connectivity index (χ0v) is 16.4. The van der Waals surface area contributed by atoms with Crippen molar-refractivity contribution in [1.29, 1.82) is 0 Å². The zero-order chi connectivity index (χ0) is 19.8. The SMILES string of the molecule is Cc1ccc(S(=O)(=O)NC(C)(C)C)cc1C(=O)Nc1nc2ccccc2[nH]1. The molecule has 3 N–H and O–H groups in total. The van der Waals surface area contributed by atoms with E-state index in [9.17, 15) is 13.2 Å². The van der Waals surface area contributed by atoms with E-state index in [0.717, 1.165) is 11.0 Å². The topological polar surface area (TPSA) is 104 Å². The number of aromatic nitrogens is 2. The molecular formula is C19H22N4O3S. The number of fused-ring (bicyclic) bond motifs is 1. The number of nitrogens with one attached hydrogen (secondary N) is 3. The maximum Gasteiger partial charge on any atom is 0.258 e. The van der Waals surface area contributed by atoms with Gasteiger partial charge in [0.25, 0.3) is 5.91 Å². The first-order valence-electron chi connectivity index (χ1n) is 8.46. The van der Waals surface area contributed by atoms with Crippen molar-refractivity contribution in [3.05, 3.63) is 53.6 Å². The molecule has 3 rings (SSSR count). The van der Waals surface area contributed by atoms with E-state index in [1.54, 1.807) is 33.8 Å². The molecule has 0 aliphatic rings.